The highest BCUT2D eigenvalue weighted by molar-refractivity contribution is 9.10. The summed E-state index contributed by atoms with van der Waals surface area (Å²) in [5, 5.41) is 2.73. The SMILES string of the molecule is Br.Fc1ccc(NNc2nc(-c3ccc(Br)cc3)cs2)cc1. The molecule has 3 nitrogen and oxygen atoms in total. The second-order valence-electron chi connectivity index (χ2n) is 4.30. The summed E-state index contributed by atoms with van der Waals surface area (Å²) >= 11 is 4.91. The molecule has 3 rings (SSSR count). The first-order valence-corrected chi connectivity index (χ1v) is 7.87. The highest BCUT2D eigenvalue weighted by Gasteiger charge is 2.04. The molecule has 0 fully saturated rings. The van der Waals surface area contributed by atoms with Crippen molar-refractivity contribution in [2.45, 2.75) is 0 Å². The van der Waals surface area contributed by atoms with Crippen LogP contribution in [0.3, 0.4) is 0 Å². The Morgan fingerprint density at radius 1 is 0.955 bits per heavy atom. The molecule has 2 aromatic carbocycles. The lowest BCUT2D eigenvalue weighted by molar-refractivity contribution is 0.628. The number of hydrogen-bond acceptors (Lipinski definition) is 4. The normalized spacial score (nSPS) is 9.91. The predicted molar refractivity (Wildman–Crippen MR) is 99.2 cm³/mol. The number of hydrazine groups is 1. The third-order valence-corrected chi connectivity index (χ3v) is 4.09. The molecule has 0 aliphatic carbocycles. The molecule has 2 N–H and O–H groups in total. The van der Waals surface area contributed by atoms with Crippen LogP contribution in [0.25, 0.3) is 11.3 Å². The van der Waals surface area contributed by atoms with Gasteiger partial charge in [-0.3, -0.25) is 10.9 Å². The lowest BCUT2D eigenvalue weighted by Crippen LogP contribution is -2.08. The van der Waals surface area contributed by atoms with Gasteiger partial charge < -0.3 is 0 Å². The number of benzene rings is 2. The van der Waals surface area contributed by atoms with E-state index in [1.54, 1.807) is 12.1 Å². The van der Waals surface area contributed by atoms with E-state index in [0.717, 1.165) is 26.5 Å². The molecular weight excluding hydrogens is 433 g/mol. The van der Waals surface area contributed by atoms with Crippen molar-refractivity contribution in [3.05, 3.63) is 64.2 Å². The van der Waals surface area contributed by atoms with Crippen LogP contribution in [0, 0.1) is 5.82 Å². The van der Waals surface area contributed by atoms with E-state index in [4.69, 9.17) is 0 Å². The van der Waals surface area contributed by atoms with Gasteiger partial charge in [0.2, 0.25) is 5.13 Å². The molecule has 0 radical (unpaired) electrons. The maximum atomic E-state index is 12.8. The Morgan fingerprint density at radius 2 is 1.64 bits per heavy atom. The Bertz CT molecular complexity index is 729. The molecule has 114 valence electrons. The van der Waals surface area contributed by atoms with E-state index < -0.39 is 0 Å². The van der Waals surface area contributed by atoms with Crippen LogP contribution in [0.1, 0.15) is 0 Å². The average Bonchev–Trinajstić information content (AvgIpc) is 2.96. The first-order valence-electron chi connectivity index (χ1n) is 6.20. The standard InChI is InChI=1S/C15H11BrFN3S.BrH/c16-11-3-1-10(2-4-11)14-9-21-15(18-14)20-19-13-7-5-12(17)6-8-13;/h1-9,19H,(H,18,20);1H. The minimum absolute atomic E-state index is 0. The molecule has 0 unspecified atom stereocenters. The van der Waals surface area contributed by atoms with Gasteiger partial charge in [0.25, 0.3) is 0 Å². The van der Waals surface area contributed by atoms with E-state index in [1.807, 2.05) is 29.6 Å². The van der Waals surface area contributed by atoms with E-state index in [2.05, 4.69) is 31.8 Å². The van der Waals surface area contributed by atoms with Gasteiger partial charge in [0.1, 0.15) is 5.82 Å². The zero-order chi connectivity index (χ0) is 14.7. The van der Waals surface area contributed by atoms with Crippen molar-refractivity contribution >= 4 is 55.1 Å². The Balaban J connectivity index is 0.00000176. The van der Waals surface area contributed by atoms with Gasteiger partial charge in [0, 0.05) is 15.4 Å². The van der Waals surface area contributed by atoms with Crippen LogP contribution < -0.4 is 10.9 Å². The maximum Gasteiger partial charge on any atom is 0.202 e. The van der Waals surface area contributed by atoms with Crippen LogP contribution >= 0.6 is 44.2 Å². The molecule has 0 saturated heterocycles. The molecule has 0 atom stereocenters. The summed E-state index contributed by atoms with van der Waals surface area (Å²) in [5.41, 5.74) is 8.74. The van der Waals surface area contributed by atoms with Gasteiger partial charge in [-0.05, 0) is 36.4 Å². The number of anilines is 2. The summed E-state index contributed by atoms with van der Waals surface area (Å²) in [6.45, 7) is 0. The Hall–Kier alpha value is -1.44. The van der Waals surface area contributed by atoms with Crippen LogP contribution in [0.15, 0.2) is 58.4 Å². The second kappa shape index (κ2) is 7.71. The van der Waals surface area contributed by atoms with Gasteiger partial charge in [-0.25, -0.2) is 9.37 Å². The Kier molecular flexibility index (Phi) is 5.93. The van der Waals surface area contributed by atoms with Crippen molar-refractivity contribution < 1.29 is 4.39 Å². The van der Waals surface area contributed by atoms with Gasteiger partial charge in [-0.1, -0.05) is 28.1 Å². The van der Waals surface area contributed by atoms with Crippen LogP contribution in [0.4, 0.5) is 15.2 Å². The highest BCUT2D eigenvalue weighted by Crippen LogP contribution is 2.26. The van der Waals surface area contributed by atoms with Gasteiger partial charge in [-0.15, -0.1) is 28.3 Å². The van der Waals surface area contributed by atoms with Crippen molar-refractivity contribution in [1.29, 1.82) is 0 Å². The maximum absolute atomic E-state index is 12.8. The van der Waals surface area contributed by atoms with Crippen LogP contribution in [-0.2, 0) is 0 Å². The summed E-state index contributed by atoms with van der Waals surface area (Å²) in [7, 11) is 0. The van der Waals surface area contributed by atoms with E-state index in [-0.39, 0.29) is 22.8 Å². The molecule has 0 saturated carbocycles. The molecule has 0 spiro atoms. The molecule has 22 heavy (non-hydrogen) atoms. The third kappa shape index (κ3) is 4.28. The van der Waals surface area contributed by atoms with Crippen molar-refractivity contribution in [3.63, 3.8) is 0 Å². The van der Waals surface area contributed by atoms with E-state index in [0.29, 0.717) is 0 Å². The van der Waals surface area contributed by atoms with E-state index >= 15 is 0 Å². The third-order valence-electron chi connectivity index (χ3n) is 2.80. The molecule has 7 heteroatoms. The van der Waals surface area contributed by atoms with Gasteiger partial charge >= 0.3 is 0 Å². The van der Waals surface area contributed by atoms with Gasteiger partial charge in [0.05, 0.1) is 11.4 Å². The van der Waals surface area contributed by atoms with Gasteiger partial charge in [-0.2, -0.15) is 0 Å². The summed E-state index contributed by atoms with van der Waals surface area (Å²) in [6, 6.07) is 14.1. The second-order valence-corrected chi connectivity index (χ2v) is 6.08. The molecule has 1 aromatic heterocycles. The number of nitrogens with one attached hydrogen (secondary N) is 2. The fourth-order valence-electron chi connectivity index (χ4n) is 1.74. The molecule has 0 aliphatic heterocycles. The van der Waals surface area contributed by atoms with Gasteiger partial charge in [0.15, 0.2) is 0 Å². The van der Waals surface area contributed by atoms with E-state index in [1.165, 1.54) is 23.5 Å². The fraction of sp³-hybridized carbons (Fsp3) is 0. The summed E-state index contributed by atoms with van der Waals surface area (Å²) in [5.74, 6) is -0.257. The molecule has 3 aromatic rings. The Morgan fingerprint density at radius 3 is 2.32 bits per heavy atom. The largest absolute Gasteiger partial charge is 0.299 e. The summed E-state index contributed by atoms with van der Waals surface area (Å²) in [6.07, 6.45) is 0. The summed E-state index contributed by atoms with van der Waals surface area (Å²) < 4.78 is 13.8. The first-order chi connectivity index (χ1) is 10.2. The number of halogens is 3. The molecule has 1 heterocycles. The smallest absolute Gasteiger partial charge is 0.202 e. The van der Waals surface area contributed by atoms with Crippen molar-refractivity contribution in [3.8, 4) is 11.3 Å². The van der Waals surface area contributed by atoms with Crippen molar-refractivity contribution in [2.24, 2.45) is 0 Å². The zero-order valence-corrected chi connectivity index (χ0v) is 15.3. The van der Waals surface area contributed by atoms with Crippen LogP contribution in [0.5, 0.6) is 0 Å². The number of nitrogens with zero attached hydrogens (tertiary/aromatic N) is 1. The number of rotatable bonds is 4. The molecule has 0 amide bonds. The van der Waals surface area contributed by atoms with Crippen LogP contribution in [-0.4, -0.2) is 4.98 Å². The van der Waals surface area contributed by atoms with E-state index in [9.17, 15) is 4.39 Å². The highest BCUT2D eigenvalue weighted by atomic mass is 79.9. The topological polar surface area (TPSA) is 37.0 Å². The summed E-state index contributed by atoms with van der Waals surface area (Å²) in [4.78, 5) is 4.50. The van der Waals surface area contributed by atoms with Crippen molar-refractivity contribution in [2.75, 3.05) is 10.9 Å². The number of hydrogen-bond donors (Lipinski definition) is 2. The zero-order valence-electron chi connectivity index (χ0n) is 11.2. The lowest BCUT2D eigenvalue weighted by Gasteiger charge is -2.06. The van der Waals surface area contributed by atoms with Crippen molar-refractivity contribution in [1.82, 2.24) is 4.98 Å². The fourth-order valence-corrected chi connectivity index (χ4v) is 2.68. The molecular formula is C15H12Br2FN3S. The average molecular weight is 445 g/mol. The number of aromatic nitrogens is 1. The quantitative estimate of drug-likeness (QED) is 0.504. The first kappa shape index (κ1) is 16.9. The monoisotopic (exact) mass is 443 g/mol. The predicted octanol–water partition coefficient (Wildman–Crippen LogP) is 5.73. The molecule has 0 bridgehead atoms. The lowest BCUT2D eigenvalue weighted by atomic mass is 10.2. The minimum Gasteiger partial charge on any atom is -0.299 e. The number of thiazole rings is 1. The van der Waals surface area contributed by atoms with Crippen LogP contribution in [0.2, 0.25) is 0 Å². The Labute approximate surface area is 150 Å². The molecule has 0 aliphatic rings. The minimum atomic E-state index is -0.257.